The Kier molecular flexibility index (Phi) is 4.56. The highest BCUT2D eigenvalue weighted by atomic mass is 19.1. The molecule has 0 aliphatic heterocycles. The summed E-state index contributed by atoms with van der Waals surface area (Å²) in [7, 11) is 1.88. The molecule has 0 saturated heterocycles. The summed E-state index contributed by atoms with van der Waals surface area (Å²) in [4.78, 5) is 0. The van der Waals surface area contributed by atoms with Gasteiger partial charge in [0.25, 0.3) is 0 Å². The second-order valence-corrected chi connectivity index (χ2v) is 4.50. The molecular formula is C15H20FNO2. The molecule has 0 aliphatic rings. The van der Waals surface area contributed by atoms with Gasteiger partial charge in [-0.05, 0) is 44.7 Å². The van der Waals surface area contributed by atoms with Gasteiger partial charge in [0.1, 0.15) is 17.2 Å². The van der Waals surface area contributed by atoms with Crippen molar-refractivity contribution < 1.29 is 13.5 Å². The third-order valence-corrected chi connectivity index (χ3v) is 3.27. The number of likely N-dealkylation sites (N-methyl/N-ethyl adjacent to an activating group) is 1. The van der Waals surface area contributed by atoms with Crippen LogP contribution >= 0.6 is 0 Å². The lowest BCUT2D eigenvalue weighted by Crippen LogP contribution is -2.31. The maximum absolute atomic E-state index is 13.2. The number of fused-ring (bicyclic) bond motifs is 1. The van der Waals surface area contributed by atoms with E-state index in [1.807, 2.05) is 20.0 Å². The molecule has 2 rings (SSSR count). The smallest absolute Gasteiger partial charge is 0.134 e. The van der Waals surface area contributed by atoms with Crippen LogP contribution in [0.2, 0.25) is 0 Å². The zero-order valence-electron chi connectivity index (χ0n) is 11.6. The first kappa shape index (κ1) is 14.0. The van der Waals surface area contributed by atoms with E-state index in [0.29, 0.717) is 12.2 Å². The van der Waals surface area contributed by atoms with Crippen molar-refractivity contribution in [3.05, 3.63) is 35.8 Å². The summed E-state index contributed by atoms with van der Waals surface area (Å²) in [5, 5.41) is 4.00. The fourth-order valence-electron chi connectivity index (χ4n) is 2.36. The van der Waals surface area contributed by atoms with Gasteiger partial charge in [-0.15, -0.1) is 0 Å². The van der Waals surface area contributed by atoms with Crippen LogP contribution in [0.1, 0.15) is 32.1 Å². The maximum atomic E-state index is 13.2. The van der Waals surface area contributed by atoms with Gasteiger partial charge in [0.15, 0.2) is 0 Å². The summed E-state index contributed by atoms with van der Waals surface area (Å²) >= 11 is 0. The number of benzene rings is 1. The predicted octanol–water partition coefficient (Wildman–Crippen LogP) is 3.65. The molecule has 2 unspecified atom stereocenters. The molecule has 1 heterocycles. The topological polar surface area (TPSA) is 34.4 Å². The second kappa shape index (κ2) is 6.17. The number of hydrogen-bond donors (Lipinski definition) is 1. The Labute approximate surface area is 112 Å². The van der Waals surface area contributed by atoms with E-state index in [0.717, 1.165) is 17.6 Å². The molecular weight excluding hydrogens is 245 g/mol. The fourth-order valence-corrected chi connectivity index (χ4v) is 2.36. The standard InChI is InChI=1S/C15H20FNO2/c1-4-12(18-5-2)15(17-3)14-9-10-8-11(16)6-7-13(10)19-14/h6-9,12,15,17H,4-5H2,1-3H3. The van der Waals surface area contributed by atoms with Gasteiger partial charge in [0.05, 0.1) is 12.1 Å². The summed E-state index contributed by atoms with van der Waals surface area (Å²) in [5.74, 6) is 0.529. The molecule has 2 atom stereocenters. The molecule has 0 saturated carbocycles. The van der Waals surface area contributed by atoms with E-state index in [4.69, 9.17) is 9.15 Å². The summed E-state index contributed by atoms with van der Waals surface area (Å²) < 4.78 is 24.7. The highest BCUT2D eigenvalue weighted by Gasteiger charge is 2.24. The van der Waals surface area contributed by atoms with Crippen LogP contribution in [0.5, 0.6) is 0 Å². The molecule has 1 N–H and O–H groups in total. The first-order valence-electron chi connectivity index (χ1n) is 6.67. The maximum Gasteiger partial charge on any atom is 0.134 e. The van der Waals surface area contributed by atoms with Crippen LogP contribution in [-0.4, -0.2) is 19.8 Å². The molecule has 0 radical (unpaired) electrons. The second-order valence-electron chi connectivity index (χ2n) is 4.50. The van der Waals surface area contributed by atoms with Crippen molar-refractivity contribution in [3.63, 3.8) is 0 Å². The van der Waals surface area contributed by atoms with E-state index in [1.54, 1.807) is 6.07 Å². The first-order chi connectivity index (χ1) is 9.19. The molecule has 0 bridgehead atoms. The fraction of sp³-hybridized carbons (Fsp3) is 0.467. The SMILES string of the molecule is CCOC(CC)C(NC)c1cc2cc(F)ccc2o1. The molecule has 2 aromatic rings. The van der Waals surface area contributed by atoms with Crippen LogP contribution in [0.3, 0.4) is 0 Å². The Bertz CT molecular complexity index is 538. The highest BCUT2D eigenvalue weighted by Crippen LogP contribution is 2.28. The van der Waals surface area contributed by atoms with Gasteiger partial charge in [0.2, 0.25) is 0 Å². The van der Waals surface area contributed by atoms with E-state index >= 15 is 0 Å². The van der Waals surface area contributed by atoms with E-state index < -0.39 is 0 Å². The molecule has 0 amide bonds. The minimum Gasteiger partial charge on any atom is -0.459 e. The lowest BCUT2D eigenvalue weighted by atomic mass is 10.1. The largest absolute Gasteiger partial charge is 0.459 e. The van der Waals surface area contributed by atoms with Crippen LogP contribution in [-0.2, 0) is 4.74 Å². The molecule has 3 nitrogen and oxygen atoms in total. The number of ether oxygens (including phenoxy) is 1. The quantitative estimate of drug-likeness (QED) is 0.865. The Hall–Kier alpha value is -1.39. The van der Waals surface area contributed by atoms with Crippen LogP contribution < -0.4 is 5.32 Å². The monoisotopic (exact) mass is 265 g/mol. The van der Waals surface area contributed by atoms with Crippen LogP contribution in [0, 0.1) is 5.82 Å². The molecule has 0 spiro atoms. The lowest BCUT2D eigenvalue weighted by molar-refractivity contribution is 0.0283. The van der Waals surface area contributed by atoms with Gasteiger partial charge in [-0.3, -0.25) is 0 Å². The summed E-state index contributed by atoms with van der Waals surface area (Å²) in [6.07, 6.45) is 0.922. The van der Waals surface area contributed by atoms with Gasteiger partial charge in [0, 0.05) is 12.0 Å². The zero-order chi connectivity index (χ0) is 13.8. The molecule has 0 aliphatic carbocycles. The number of furan rings is 1. The van der Waals surface area contributed by atoms with Crippen molar-refractivity contribution in [2.75, 3.05) is 13.7 Å². The highest BCUT2D eigenvalue weighted by molar-refractivity contribution is 5.78. The van der Waals surface area contributed by atoms with Crippen molar-refractivity contribution in [2.24, 2.45) is 0 Å². The zero-order valence-corrected chi connectivity index (χ0v) is 11.6. The number of halogens is 1. The molecule has 4 heteroatoms. The van der Waals surface area contributed by atoms with Gasteiger partial charge in [-0.2, -0.15) is 0 Å². The minimum atomic E-state index is -0.252. The van der Waals surface area contributed by atoms with Gasteiger partial charge in [-0.25, -0.2) is 4.39 Å². The first-order valence-corrected chi connectivity index (χ1v) is 6.67. The van der Waals surface area contributed by atoms with E-state index in [2.05, 4.69) is 12.2 Å². The van der Waals surface area contributed by atoms with Crippen molar-refractivity contribution in [1.82, 2.24) is 5.32 Å². The third-order valence-electron chi connectivity index (χ3n) is 3.27. The van der Waals surface area contributed by atoms with Crippen LogP contribution in [0.25, 0.3) is 11.0 Å². The van der Waals surface area contributed by atoms with Gasteiger partial charge in [-0.1, -0.05) is 6.92 Å². The van der Waals surface area contributed by atoms with Crippen molar-refractivity contribution in [1.29, 1.82) is 0 Å². The Morgan fingerprint density at radius 1 is 1.32 bits per heavy atom. The number of nitrogens with one attached hydrogen (secondary N) is 1. The summed E-state index contributed by atoms with van der Waals surface area (Å²) in [5.41, 5.74) is 0.697. The molecule has 19 heavy (non-hydrogen) atoms. The van der Waals surface area contributed by atoms with Crippen molar-refractivity contribution >= 4 is 11.0 Å². The third kappa shape index (κ3) is 2.96. The van der Waals surface area contributed by atoms with Gasteiger partial charge < -0.3 is 14.5 Å². The summed E-state index contributed by atoms with van der Waals surface area (Å²) in [6.45, 7) is 4.71. The Morgan fingerprint density at radius 3 is 2.74 bits per heavy atom. The summed E-state index contributed by atoms with van der Waals surface area (Å²) in [6, 6.07) is 6.39. The van der Waals surface area contributed by atoms with E-state index in [1.165, 1.54) is 12.1 Å². The average Bonchev–Trinajstić information content (AvgIpc) is 2.81. The molecule has 104 valence electrons. The van der Waals surface area contributed by atoms with E-state index in [-0.39, 0.29) is 18.0 Å². The van der Waals surface area contributed by atoms with Crippen LogP contribution in [0.4, 0.5) is 4.39 Å². The minimum absolute atomic E-state index is 0.0274. The van der Waals surface area contributed by atoms with Crippen molar-refractivity contribution in [2.45, 2.75) is 32.4 Å². The molecule has 0 fully saturated rings. The molecule has 1 aromatic heterocycles. The normalized spacial score (nSPS) is 14.7. The van der Waals surface area contributed by atoms with E-state index in [9.17, 15) is 4.39 Å². The van der Waals surface area contributed by atoms with Crippen LogP contribution in [0.15, 0.2) is 28.7 Å². The number of rotatable bonds is 6. The number of hydrogen-bond acceptors (Lipinski definition) is 3. The Balaban J connectivity index is 2.34. The van der Waals surface area contributed by atoms with Crippen molar-refractivity contribution in [3.8, 4) is 0 Å². The molecule has 1 aromatic carbocycles. The lowest BCUT2D eigenvalue weighted by Gasteiger charge is -2.23. The van der Waals surface area contributed by atoms with Gasteiger partial charge >= 0.3 is 0 Å². The predicted molar refractivity (Wildman–Crippen MR) is 73.7 cm³/mol. The Morgan fingerprint density at radius 2 is 2.11 bits per heavy atom. The average molecular weight is 265 g/mol.